The van der Waals surface area contributed by atoms with E-state index >= 15 is 0 Å². The van der Waals surface area contributed by atoms with E-state index in [9.17, 15) is 0 Å². The highest BCUT2D eigenvalue weighted by molar-refractivity contribution is 5.31. The number of benzene rings is 1. The molecule has 0 amide bonds. The fourth-order valence-corrected chi connectivity index (χ4v) is 5.00. The Hall–Kier alpha value is -1.88. The monoisotopic (exact) mass is 422 g/mol. The summed E-state index contributed by atoms with van der Waals surface area (Å²) in [5.74, 6) is 11.7. The Morgan fingerprint density at radius 2 is 1.48 bits per heavy atom. The first-order chi connectivity index (χ1) is 15.3. The molecule has 0 bridgehead atoms. The van der Waals surface area contributed by atoms with Gasteiger partial charge in [-0.05, 0) is 106 Å². The Kier molecular flexibility index (Phi) is 10.4. The third-order valence-corrected chi connectivity index (χ3v) is 7.06. The Morgan fingerprint density at radius 1 is 0.839 bits per heavy atom. The minimum Gasteiger partial charge on any atom is -0.494 e. The van der Waals surface area contributed by atoms with Gasteiger partial charge in [-0.1, -0.05) is 44.1 Å². The van der Waals surface area contributed by atoms with Crippen molar-refractivity contribution >= 4 is 0 Å². The molecule has 2 heteroatoms. The van der Waals surface area contributed by atoms with Crippen LogP contribution in [0.3, 0.4) is 0 Å². The maximum Gasteiger partial charge on any atom is 0.119 e. The minimum atomic E-state index is 0.566. The van der Waals surface area contributed by atoms with E-state index in [4.69, 9.17) is 9.47 Å². The smallest absolute Gasteiger partial charge is 0.119 e. The molecule has 1 aromatic carbocycles. The topological polar surface area (TPSA) is 18.5 Å². The molecule has 2 aliphatic rings. The first-order valence-electron chi connectivity index (χ1n) is 12.8. The van der Waals surface area contributed by atoms with Crippen LogP contribution < -0.4 is 9.47 Å². The molecule has 2 nitrogen and oxygen atoms in total. The molecule has 1 aromatic rings. The van der Waals surface area contributed by atoms with Crippen molar-refractivity contribution in [2.24, 2.45) is 23.7 Å². The van der Waals surface area contributed by atoms with Gasteiger partial charge in [-0.2, -0.15) is 0 Å². The Labute approximate surface area is 190 Å². The number of unbranched alkanes of at least 4 members (excludes halogenated alkanes) is 1. The van der Waals surface area contributed by atoms with E-state index in [0.717, 1.165) is 29.9 Å². The van der Waals surface area contributed by atoms with Gasteiger partial charge in [0.2, 0.25) is 0 Å². The van der Waals surface area contributed by atoms with Gasteiger partial charge in [0.05, 0.1) is 13.2 Å². The normalized spacial score (nSPS) is 26.3. The van der Waals surface area contributed by atoms with E-state index in [-0.39, 0.29) is 0 Å². The van der Waals surface area contributed by atoms with Crippen molar-refractivity contribution in [1.82, 2.24) is 0 Å². The third kappa shape index (κ3) is 8.64. The first kappa shape index (κ1) is 23.8. The second kappa shape index (κ2) is 13.5. The van der Waals surface area contributed by atoms with Crippen molar-refractivity contribution in [2.45, 2.75) is 84.5 Å². The molecule has 170 valence electrons. The standard InChI is InChI=1S/C29H42O2/c1-3-5-8-24-11-13-25(14-12-24)9-6-7-10-26-15-17-27(18-16-26)23-31-29-21-19-28(20-22-29)30-4-2/h6,9,19-22,24-27H,3-5,8,11-18,23H2,1-2H3. The van der Waals surface area contributed by atoms with Crippen molar-refractivity contribution in [3.8, 4) is 23.3 Å². The molecule has 3 rings (SSSR count). The highest BCUT2D eigenvalue weighted by Gasteiger charge is 2.21. The predicted molar refractivity (Wildman–Crippen MR) is 130 cm³/mol. The lowest BCUT2D eigenvalue weighted by atomic mass is 9.80. The zero-order valence-electron chi connectivity index (χ0n) is 19.8. The maximum absolute atomic E-state index is 6.01. The van der Waals surface area contributed by atoms with Crippen LogP contribution in [0.5, 0.6) is 11.5 Å². The molecule has 0 spiro atoms. The van der Waals surface area contributed by atoms with Crippen LogP contribution in [0.1, 0.15) is 84.5 Å². The van der Waals surface area contributed by atoms with Gasteiger partial charge >= 0.3 is 0 Å². The molecule has 0 unspecified atom stereocenters. The Bertz CT molecular complexity index is 692. The quantitative estimate of drug-likeness (QED) is 0.378. The van der Waals surface area contributed by atoms with Crippen LogP contribution in [0.15, 0.2) is 36.4 Å². The van der Waals surface area contributed by atoms with Crippen LogP contribution in [-0.2, 0) is 0 Å². The minimum absolute atomic E-state index is 0.566. The van der Waals surface area contributed by atoms with Crippen LogP contribution in [0, 0.1) is 35.5 Å². The van der Waals surface area contributed by atoms with Crippen molar-refractivity contribution in [3.05, 3.63) is 36.4 Å². The summed E-state index contributed by atoms with van der Waals surface area (Å²) < 4.78 is 11.5. The second-order valence-corrected chi connectivity index (χ2v) is 9.50. The summed E-state index contributed by atoms with van der Waals surface area (Å²) >= 11 is 0. The fourth-order valence-electron chi connectivity index (χ4n) is 5.00. The zero-order valence-corrected chi connectivity index (χ0v) is 19.8. The van der Waals surface area contributed by atoms with Gasteiger partial charge in [0, 0.05) is 5.92 Å². The van der Waals surface area contributed by atoms with Crippen molar-refractivity contribution in [2.75, 3.05) is 13.2 Å². The molecule has 0 aromatic heterocycles. The van der Waals surface area contributed by atoms with E-state index in [1.54, 1.807) is 0 Å². The van der Waals surface area contributed by atoms with E-state index in [2.05, 4.69) is 30.9 Å². The lowest BCUT2D eigenvalue weighted by molar-refractivity contribution is 0.196. The SMILES string of the molecule is CCCCC1CCC(C=CC#CC2CCC(COc3ccc(OCC)cc3)CC2)CC1. The molecule has 2 fully saturated rings. The Balaban J connectivity index is 1.30. The summed E-state index contributed by atoms with van der Waals surface area (Å²) in [6.45, 7) is 5.81. The average molecular weight is 423 g/mol. The third-order valence-electron chi connectivity index (χ3n) is 7.06. The molecule has 0 saturated heterocycles. The summed E-state index contributed by atoms with van der Waals surface area (Å²) in [5, 5.41) is 0. The number of hydrogen-bond donors (Lipinski definition) is 0. The molecule has 2 aliphatic carbocycles. The van der Waals surface area contributed by atoms with Crippen LogP contribution in [-0.4, -0.2) is 13.2 Å². The highest BCUT2D eigenvalue weighted by atomic mass is 16.5. The zero-order chi connectivity index (χ0) is 21.7. The van der Waals surface area contributed by atoms with Gasteiger partial charge < -0.3 is 9.47 Å². The Morgan fingerprint density at radius 3 is 2.13 bits per heavy atom. The van der Waals surface area contributed by atoms with Crippen LogP contribution >= 0.6 is 0 Å². The molecular weight excluding hydrogens is 380 g/mol. The summed E-state index contributed by atoms with van der Waals surface area (Å²) in [7, 11) is 0. The summed E-state index contributed by atoms with van der Waals surface area (Å²) in [6.07, 6.45) is 19.2. The van der Waals surface area contributed by atoms with E-state index in [1.165, 1.54) is 70.6 Å². The molecule has 0 aliphatic heterocycles. The van der Waals surface area contributed by atoms with Crippen molar-refractivity contribution < 1.29 is 9.47 Å². The summed E-state index contributed by atoms with van der Waals surface area (Å²) in [4.78, 5) is 0. The number of allylic oxidation sites excluding steroid dienone is 2. The van der Waals surface area contributed by atoms with E-state index < -0.39 is 0 Å². The van der Waals surface area contributed by atoms with Gasteiger partial charge in [0.1, 0.15) is 11.5 Å². The van der Waals surface area contributed by atoms with Gasteiger partial charge in [-0.3, -0.25) is 0 Å². The molecule has 0 heterocycles. The lowest BCUT2D eigenvalue weighted by Gasteiger charge is -2.26. The molecule has 2 saturated carbocycles. The lowest BCUT2D eigenvalue weighted by Crippen LogP contribution is -2.19. The maximum atomic E-state index is 6.01. The molecule has 0 atom stereocenters. The van der Waals surface area contributed by atoms with Gasteiger partial charge in [-0.25, -0.2) is 0 Å². The van der Waals surface area contributed by atoms with Gasteiger partial charge in [-0.15, -0.1) is 0 Å². The number of hydrogen-bond acceptors (Lipinski definition) is 2. The molecule has 31 heavy (non-hydrogen) atoms. The van der Waals surface area contributed by atoms with Gasteiger partial charge in [0.15, 0.2) is 0 Å². The number of ether oxygens (including phenoxy) is 2. The van der Waals surface area contributed by atoms with Crippen molar-refractivity contribution in [3.63, 3.8) is 0 Å². The van der Waals surface area contributed by atoms with Crippen LogP contribution in [0.2, 0.25) is 0 Å². The molecule has 0 radical (unpaired) electrons. The van der Waals surface area contributed by atoms with E-state index in [1.807, 2.05) is 31.2 Å². The van der Waals surface area contributed by atoms with Crippen LogP contribution in [0.4, 0.5) is 0 Å². The fraction of sp³-hybridized carbons (Fsp3) is 0.655. The van der Waals surface area contributed by atoms with E-state index in [0.29, 0.717) is 18.4 Å². The largest absolute Gasteiger partial charge is 0.494 e. The molecular formula is C29H42O2. The number of rotatable bonds is 9. The highest BCUT2D eigenvalue weighted by Crippen LogP contribution is 2.32. The predicted octanol–water partition coefficient (Wildman–Crippen LogP) is 7.83. The van der Waals surface area contributed by atoms with Crippen LogP contribution in [0.25, 0.3) is 0 Å². The van der Waals surface area contributed by atoms with Gasteiger partial charge in [0.25, 0.3) is 0 Å². The second-order valence-electron chi connectivity index (χ2n) is 9.50. The first-order valence-corrected chi connectivity index (χ1v) is 12.8. The summed E-state index contributed by atoms with van der Waals surface area (Å²) in [5.41, 5.74) is 0. The average Bonchev–Trinajstić information content (AvgIpc) is 2.82. The van der Waals surface area contributed by atoms with Crippen molar-refractivity contribution in [1.29, 1.82) is 0 Å². The molecule has 0 N–H and O–H groups in total. The summed E-state index contributed by atoms with van der Waals surface area (Å²) in [6, 6.07) is 7.98.